The Labute approximate surface area is 176 Å². The molecule has 30 heavy (non-hydrogen) atoms. The Morgan fingerprint density at radius 3 is 2.97 bits per heavy atom. The molecule has 2 aliphatic rings. The number of rotatable bonds is 5. The van der Waals surface area contributed by atoms with Crippen molar-refractivity contribution in [2.75, 3.05) is 18.7 Å². The minimum absolute atomic E-state index is 0.296. The molecule has 1 aliphatic carbocycles. The lowest BCUT2D eigenvalue weighted by Crippen LogP contribution is -2.11. The molecule has 9 heteroatoms. The summed E-state index contributed by atoms with van der Waals surface area (Å²) in [6.45, 7) is 1.05. The number of ether oxygens (including phenoxy) is 2. The molecule has 8 nitrogen and oxygen atoms in total. The number of hydrogen-bond donors (Lipinski definition) is 1. The van der Waals surface area contributed by atoms with Gasteiger partial charge in [-0.3, -0.25) is 0 Å². The fourth-order valence-corrected chi connectivity index (χ4v) is 5.37. The molecule has 4 aromatic rings. The SMILES string of the molecule is c1ncn(-c2nc(NCCc3ccc4c(c3)OCO4)c3c4c(sc3n2)CCCC4)n1. The van der Waals surface area contributed by atoms with E-state index in [4.69, 9.17) is 19.4 Å². The highest BCUT2D eigenvalue weighted by Gasteiger charge is 2.22. The van der Waals surface area contributed by atoms with Gasteiger partial charge in [-0.2, -0.15) is 19.7 Å². The lowest BCUT2D eigenvalue weighted by molar-refractivity contribution is 0.174. The third kappa shape index (κ3) is 3.06. The van der Waals surface area contributed by atoms with E-state index >= 15 is 0 Å². The molecular formula is C21H20N6O2S. The normalized spacial score (nSPS) is 14.8. The van der Waals surface area contributed by atoms with Gasteiger partial charge in [-0.25, -0.2) is 4.98 Å². The third-order valence-electron chi connectivity index (χ3n) is 5.57. The summed E-state index contributed by atoms with van der Waals surface area (Å²) >= 11 is 1.79. The van der Waals surface area contributed by atoms with Crippen molar-refractivity contribution in [3.63, 3.8) is 0 Å². The molecule has 1 aromatic carbocycles. The van der Waals surface area contributed by atoms with Crippen molar-refractivity contribution in [2.24, 2.45) is 0 Å². The van der Waals surface area contributed by atoms with Gasteiger partial charge < -0.3 is 14.8 Å². The van der Waals surface area contributed by atoms with E-state index in [9.17, 15) is 0 Å². The number of aryl methyl sites for hydroxylation is 2. The monoisotopic (exact) mass is 420 g/mol. The van der Waals surface area contributed by atoms with Crippen molar-refractivity contribution < 1.29 is 9.47 Å². The highest BCUT2D eigenvalue weighted by atomic mass is 32.1. The summed E-state index contributed by atoms with van der Waals surface area (Å²) in [5, 5.41) is 8.94. The van der Waals surface area contributed by atoms with Crippen LogP contribution in [0.4, 0.5) is 5.82 Å². The average molecular weight is 420 g/mol. The van der Waals surface area contributed by atoms with Crippen molar-refractivity contribution in [1.29, 1.82) is 0 Å². The zero-order chi connectivity index (χ0) is 19.9. The van der Waals surface area contributed by atoms with Crippen molar-refractivity contribution in [2.45, 2.75) is 32.1 Å². The first-order valence-corrected chi connectivity index (χ1v) is 11.0. The lowest BCUT2D eigenvalue weighted by Gasteiger charge is -2.13. The molecule has 0 bridgehead atoms. The molecule has 152 valence electrons. The first kappa shape index (κ1) is 17.6. The van der Waals surface area contributed by atoms with Crippen LogP contribution in [0.1, 0.15) is 28.8 Å². The van der Waals surface area contributed by atoms with E-state index in [0.717, 1.165) is 48.0 Å². The molecule has 3 aromatic heterocycles. The van der Waals surface area contributed by atoms with Crippen LogP contribution in [0.3, 0.4) is 0 Å². The predicted molar refractivity (Wildman–Crippen MR) is 114 cm³/mol. The van der Waals surface area contributed by atoms with E-state index in [0.29, 0.717) is 12.7 Å². The third-order valence-corrected chi connectivity index (χ3v) is 6.76. The standard InChI is InChI=1S/C21H20N6O2S/c1-2-4-17-14(3-1)18-19(25-21(26-20(18)30-17)27-11-22-10-24-27)23-8-7-13-5-6-15-16(9-13)29-12-28-15/h5-6,9-11H,1-4,7-8,12H2,(H,23,25,26). The fourth-order valence-electron chi connectivity index (χ4n) is 4.11. The number of thiophene rings is 1. The van der Waals surface area contributed by atoms with Gasteiger partial charge in [-0.05, 0) is 55.4 Å². The average Bonchev–Trinajstić information content (AvgIpc) is 3.51. The predicted octanol–water partition coefficient (Wildman–Crippen LogP) is 3.53. The largest absolute Gasteiger partial charge is 0.454 e. The summed E-state index contributed by atoms with van der Waals surface area (Å²) in [5.41, 5.74) is 2.61. The Hall–Kier alpha value is -3.20. The number of aromatic nitrogens is 5. The van der Waals surface area contributed by atoms with Gasteiger partial charge in [0.25, 0.3) is 5.95 Å². The second-order valence-electron chi connectivity index (χ2n) is 7.47. The van der Waals surface area contributed by atoms with Crippen LogP contribution in [0.15, 0.2) is 30.9 Å². The van der Waals surface area contributed by atoms with Crippen LogP contribution < -0.4 is 14.8 Å². The maximum absolute atomic E-state index is 5.49. The molecular weight excluding hydrogens is 400 g/mol. The van der Waals surface area contributed by atoms with Crippen LogP contribution >= 0.6 is 11.3 Å². The zero-order valence-corrected chi connectivity index (χ0v) is 17.1. The number of fused-ring (bicyclic) bond motifs is 4. The molecule has 1 N–H and O–H groups in total. The van der Waals surface area contributed by atoms with E-state index in [1.54, 1.807) is 22.3 Å². The van der Waals surface area contributed by atoms with Crippen LogP contribution in [-0.2, 0) is 19.3 Å². The van der Waals surface area contributed by atoms with E-state index in [2.05, 4.69) is 21.5 Å². The van der Waals surface area contributed by atoms with E-state index < -0.39 is 0 Å². The molecule has 0 fully saturated rings. The molecule has 4 heterocycles. The molecule has 0 saturated heterocycles. The molecule has 0 radical (unpaired) electrons. The summed E-state index contributed by atoms with van der Waals surface area (Å²) in [5.74, 6) is 3.05. The minimum Gasteiger partial charge on any atom is -0.454 e. The Bertz CT molecular complexity index is 1220. The molecule has 0 unspecified atom stereocenters. The van der Waals surface area contributed by atoms with Gasteiger partial charge in [0.1, 0.15) is 23.3 Å². The smallest absolute Gasteiger partial charge is 0.255 e. The lowest BCUT2D eigenvalue weighted by atomic mass is 9.97. The molecule has 0 saturated carbocycles. The maximum atomic E-state index is 5.49. The molecule has 0 amide bonds. The number of anilines is 1. The minimum atomic E-state index is 0.296. The van der Waals surface area contributed by atoms with E-state index in [1.165, 1.54) is 40.6 Å². The van der Waals surface area contributed by atoms with Gasteiger partial charge in [0.15, 0.2) is 11.5 Å². The summed E-state index contributed by atoms with van der Waals surface area (Å²) in [7, 11) is 0. The van der Waals surface area contributed by atoms with Crippen LogP contribution in [0, 0.1) is 0 Å². The topological polar surface area (TPSA) is 87.0 Å². The van der Waals surface area contributed by atoms with Gasteiger partial charge in [-0.15, -0.1) is 11.3 Å². The Balaban J connectivity index is 1.32. The molecule has 6 rings (SSSR count). The van der Waals surface area contributed by atoms with E-state index in [1.807, 2.05) is 12.1 Å². The van der Waals surface area contributed by atoms with Crippen LogP contribution in [-0.4, -0.2) is 38.1 Å². The van der Waals surface area contributed by atoms with Gasteiger partial charge in [-0.1, -0.05) is 6.07 Å². The molecule has 1 aliphatic heterocycles. The van der Waals surface area contributed by atoms with Gasteiger partial charge in [0.05, 0.1) is 5.39 Å². The quantitative estimate of drug-likeness (QED) is 0.528. The Morgan fingerprint density at radius 1 is 1.10 bits per heavy atom. The fraction of sp³-hybridized carbons (Fsp3) is 0.333. The van der Waals surface area contributed by atoms with Crippen molar-refractivity contribution in [3.8, 4) is 17.4 Å². The number of nitrogens with one attached hydrogen (secondary N) is 1. The molecule has 0 spiro atoms. The van der Waals surface area contributed by atoms with Gasteiger partial charge >= 0.3 is 0 Å². The summed E-state index contributed by atoms with van der Waals surface area (Å²) in [6, 6.07) is 6.10. The second kappa shape index (κ2) is 7.24. The van der Waals surface area contributed by atoms with Crippen molar-refractivity contribution in [3.05, 3.63) is 46.9 Å². The number of hydrogen-bond acceptors (Lipinski definition) is 8. The second-order valence-corrected chi connectivity index (χ2v) is 8.55. The number of nitrogens with zero attached hydrogens (tertiary/aromatic N) is 5. The Kier molecular flexibility index (Phi) is 4.26. The maximum Gasteiger partial charge on any atom is 0.255 e. The van der Waals surface area contributed by atoms with Crippen LogP contribution in [0.2, 0.25) is 0 Å². The molecule has 0 atom stereocenters. The van der Waals surface area contributed by atoms with Crippen LogP contribution in [0.5, 0.6) is 11.5 Å². The summed E-state index contributed by atoms with van der Waals surface area (Å²) in [6.07, 6.45) is 8.68. The van der Waals surface area contributed by atoms with Crippen molar-refractivity contribution in [1.82, 2.24) is 24.7 Å². The first-order chi connectivity index (χ1) is 14.8. The summed E-state index contributed by atoms with van der Waals surface area (Å²) in [4.78, 5) is 16.1. The van der Waals surface area contributed by atoms with Gasteiger partial charge in [0.2, 0.25) is 6.79 Å². The highest BCUT2D eigenvalue weighted by molar-refractivity contribution is 7.19. The number of benzene rings is 1. The van der Waals surface area contributed by atoms with E-state index in [-0.39, 0.29) is 0 Å². The Morgan fingerprint density at radius 2 is 2.03 bits per heavy atom. The summed E-state index contributed by atoms with van der Waals surface area (Å²) < 4.78 is 12.5. The van der Waals surface area contributed by atoms with Crippen LogP contribution in [0.25, 0.3) is 16.2 Å². The zero-order valence-electron chi connectivity index (χ0n) is 16.3. The van der Waals surface area contributed by atoms with Gasteiger partial charge in [0, 0.05) is 11.4 Å². The van der Waals surface area contributed by atoms with Crippen molar-refractivity contribution >= 4 is 27.4 Å². The highest BCUT2D eigenvalue weighted by Crippen LogP contribution is 2.39. The first-order valence-electron chi connectivity index (χ1n) is 10.1.